The highest BCUT2D eigenvalue weighted by Gasteiger charge is 2.41. The van der Waals surface area contributed by atoms with Gasteiger partial charge < -0.3 is 15.5 Å². The van der Waals surface area contributed by atoms with Gasteiger partial charge in [-0.05, 0) is 43.4 Å². The van der Waals surface area contributed by atoms with Crippen molar-refractivity contribution >= 4 is 17.3 Å². The molecule has 0 amide bonds. The van der Waals surface area contributed by atoms with Gasteiger partial charge in [0.05, 0.1) is 6.20 Å². The molecule has 0 bridgehead atoms. The van der Waals surface area contributed by atoms with Crippen LogP contribution in [0.15, 0.2) is 18.6 Å². The summed E-state index contributed by atoms with van der Waals surface area (Å²) in [5.74, 6) is 4.05. The van der Waals surface area contributed by atoms with Crippen molar-refractivity contribution in [3.8, 4) is 0 Å². The van der Waals surface area contributed by atoms with Crippen LogP contribution < -0.4 is 11.1 Å². The molecule has 2 aromatic rings. The molecule has 2 aliphatic carbocycles. The lowest BCUT2D eigenvalue weighted by molar-refractivity contribution is 0.428. The van der Waals surface area contributed by atoms with Crippen LogP contribution in [-0.2, 0) is 0 Å². The Morgan fingerprint density at radius 2 is 2.05 bits per heavy atom. The SMILES string of the molecule is Nc1cn2ccnc2c(NCC(C2CC2)C2CC2)n1. The summed E-state index contributed by atoms with van der Waals surface area (Å²) in [4.78, 5) is 8.73. The number of fused-ring (bicyclic) bond motifs is 1. The van der Waals surface area contributed by atoms with Crippen molar-refractivity contribution in [3.05, 3.63) is 18.6 Å². The van der Waals surface area contributed by atoms with Crippen LogP contribution in [0.5, 0.6) is 0 Å². The second-order valence-electron chi connectivity index (χ2n) is 5.89. The second kappa shape index (κ2) is 4.11. The number of hydrogen-bond donors (Lipinski definition) is 2. The summed E-state index contributed by atoms with van der Waals surface area (Å²) in [5.41, 5.74) is 6.70. The molecule has 5 nitrogen and oxygen atoms in total. The highest BCUT2D eigenvalue weighted by molar-refractivity contribution is 5.64. The average Bonchev–Trinajstić information content (AvgIpc) is 3.30. The first-order valence-corrected chi connectivity index (χ1v) is 7.14. The predicted octanol–water partition coefficient (Wildman–Crippen LogP) is 2.16. The van der Waals surface area contributed by atoms with Crippen LogP contribution in [0.3, 0.4) is 0 Å². The topological polar surface area (TPSA) is 68.2 Å². The first-order chi connectivity index (χ1) is 9.31. The summed E-state index contributed by atoms with van der Waals surface area (Å²) in [7, 11) is 0. The molecule has 2 saturated carbocycles. The molecule has 0 aliphatic heterocycles. The zero-order chi connectivity index (χ0) is 12.8. The number of hydrogen-bond acceptors (Lipinski definition) is 4. The van der Waals surface area contributed by atoms with Crippen molar-refractivity contribution in [3.63, 3.8) is 0 Å². The zero-order valence-corrected chi connectivity index (χ0v) is 10.9. The molecule has 0 unspecified atom stereocenters. The van der Waals surface area contributed by atoms with Crippen LogP contribution in [0.1, 0.15) is 25.7 Å². The summed E-state index contributed by atoms with van der Waals surface area (Å²) in [6, 6.07) is 0. The quantitative estimate of drug-likeness (QED) is 0.861. The number of imidazole rings is 1. The fraction of sp³-hybridized carbons (Fsp3) is 0.571. The first kappa shape index (κ1) is 11.1. The number of anilines is 2. The Morgan fingerprint density at radius 1 is 1.32 bits per heavy atom. The van der Waals surface area contributed by atoms with E-state index < -0.39 is 0 Å². The lowest BCUT2D eigenvalue weighted by Crippen LogP contribution is -2.19. The highest BCUT2D eigenvalue weighted by atomic mass is 15.1. The van der Waals surface area contributed by atoms with E-state index in [1.54, 1.807) is 12.4 Å². The van der Waals surface area contributed by atoms with Crippen LogP contribution in [0.25, 0.3) is 5.65 Å². The van der Waals surface area contributed by atoms with Crippen molar-refractivity contribution in [2.24, 2.45) is 17.8 Å². The maximum Gasteiger partial charge on any atom is 0.180 e. The smallest absolute Gasteiger partial charge is 0.180 e. The minimum Gasteiger partial charge on any atom is -0.382 e. The van der Waals surface area contributed by atoms with Gasteiger partial charge in [-0.25, -0.2) is 9.97 Å². The summed E-state index contributed by atoms with van der Waals surface area (Å²) in [6.07, 6.45) is 11.1. The second-order valence-corrected chi connectivity index (χ2v) is 5.89. The molecule has 3 N–H and O–H groups in total. The third kappa shape index (κ3) is 2.13. The van der Waals surface area contributed by atoms with Crippen LogP contribution in [0.4, 0.5) is 11.6 Å². The van der Waals surface area contributed by atoms with Gasteiger partial charge in [-0.1, -0.05) is 0 Å². The lowest BCUT2D eigenvalue weighted by Gasteiger charge is -2.17. The van der Waals surface area contributed by atoms with Crippen molar-refractivity contribution in [2.45, 2.75) is 25.7 Å². The standard InChI is InChI=1S/C14H19N5/c15-12-8-19-6-5-16-14(19)13(18-12)17-7-11(9-1-2-9)10-3-4-10/h5-6,8-11H,1-4,7,15H2,(H,17,18). The van der Waals surface area contributed by atoms with Gasteiger partial charge in [-0.15, -0.1) is 0 Å². The molecule has 2 heterocycles. The molecule has 0 spiro atoms. The van der Waals surface area contributed by atoms with E-state index in [2.05, 4.69) is 15.3 Å². The summed E-state index contributed by atoms with van der Waals surface area (Å²) < 4.78 is 1.92. The minimum absolute atomic E-state index is 0.530. The van der Waals surface area contributed by atoms with E-state index in [0.29, 0.717) is 5.82 Å². The molecule has 5 heteroatoms. The first-order valence-electron chi connectivity index (χ1n) is 7.14. The Labute approximate surface area is 112 Å². The monoisotopic (exact) mass is 257 g/mol. The molecule has 0 atom stereocenters. The average molecular weight is 257 g/mol. The fourth-order valence-corrected chi connectivity index (χ4v) is 3.05. The summed E-state index contributed by atoms with van der Waals surface area (Å²) >= 11 is 0. The molecule has 2 fully saturated rings. The highest BCUT2D eigenvalue weighted by Crippen LogP contribution is 2.49. The third-order valence-corrected chi connectivity index (χ3v) is 4.35. The minimum atomic E-state index is 0.530. The van der Waals surface area contributed by atoms with Gasteiger partial charge >= 0.3 is 0 Å². The van der Waals surface area contributed by atoms with Gasteiger partial charge in [0.15, 0.2) is 11.5 Å². The number of nitrogens with one attached hydrogen (secondary N) is 1. The molecule has 2 aliphatic rings. The summed E-state index contributed by atoms with van der Waals surface area (Å²) in [6.45, 7) is 1.01. The van der Waals surface area contributed by atoms with Gasteiger partial charge in [0.1, 0.15) is 5.82 Å². The number of rotatable bonds is 5. The van der Waals surface area contributed by atoms with Gasteiger partial charge in [0, 0.05) is 18.9 Å². The van der Waals surface area contributed by atoms with E-state index >= 15 is 0 Å². The Bertz CT molecular complexity index is 585. The van der Waals surface area contributed by atoms with Gasteiger partial charge in [0.25, 0.3) is 0 Å². The largest absolute Gasteiger partial charge is 0.382 e. The number of nitrogens with two attached hydrogens (primary N) is 1. The Balaban J connectivity index is 1.55. The lowest BCUT2D eigenvalue weighted by atomic mass is 9.98. The molecule has 19 heavy (non-hydrogen) atoms. The van der Waals surface area contributed by atoms with Crippen LogP contribution >= 0.6 is 0 Å². The number of nitrogens with zero attached hydrogens (tertiary/aromatic N) is 3. The molecular formula is C14H19N5. The molecule has 2 aromatic heterocycles. The van der Waals surface area contributed by atoms with Gasteiger partial charge in [-0.2, -0.15) is 0 Å². The van der Waals surface area contributed by atoms with E-state index in [-0.39, 0.29) is 0 Å². The molecule has 0 saturated heterocycles. The molecule has 100 valence electrons. The molecule has 0 radical (unpaired) electrons. The number of aromatic nitrogens is 3. The van der Waals surface area contributed by atoms with E-state index in [4.69, 9.17) is 5.73 Å². The maximum absolute atomic E-state index is 5.83. The van der Waals surface area contributed by atoms with Crippen molar-refractivity contribution in [1.82, 2.24) is 14.4 Å². The van der Waals surface area contributed by atoms with Crippen molar-refractivity contribution in [1.29, 1.82) is 0 Å². The Kier molecular flexibility index (Phi) is 2.40. The van der Waals surface area contributed by atoms with Gasteiger partial charge in [0.2, 0.25) is 0 Å². The molecule has 0 aromatic carbocycles. The third-order valence-electron chi connectivity index (χ3n) is 4.35. The van der Waals surface area contributed by atoms with Gasteiger partial charge in [-0.3, -0.25) is 0 Å². The predicted molar refractivity (Wildman–Crippen MR) is 74.8 cm³/mol. The van der Waals surface area contributed by atoms with Crippen LogP contribution in [-0.4, -0.2) is 20.9 Å². The van der Waals surface area contributed by atoms with Crippen LogP contribution in [0.2, 0.25) is 0 Å². The maximum atomic E-state index is 5.83. The van der Waals surface area contributed by atoms with E-state index in [1.807, 2.05) is 10.6 Å². The van der Waals surface area contributed by atoms with Crippen molar-refractivity contribution in [2.75, 3.05) is 17.6 Å². The Hall–Kier alpha value is -1.78. The van der Waals surface area contributed by atoms with E-state index in [9.17, 15) is 0 Å². The zero-order valence-electron chi connectivity index (χ0n) is 10.9. The normalized spacial score (nSPS) is 19.2. The Morgan fingerprint density at radius 3 is 2.74 bits per heavy atom. The van der Waals surface area contributed by atoms with E-state index in [0.717, 1.165) is 35.8 Å². The number of nitrogen functional groups attached to an aromatic ring is 1. The van der Waals surface area contributed by atoms with E-state index in [1.165, 1.54) is 25.7 Å². The molecule has 4 rings (SSSR count). The van der Waals surface area contributed by atoms with Crippen LogP contribution in [0, 0.1) is 17.8 Å². The fourth-order valence-electron chi connectivity index (χ4n) is 3.05. The van der Waals surface area contributed by atoms with Crippen molar-refractivity contribution < 1.29 is 0 Å². The summed E-state index contributed by atoms with van der Waals surface area (Å²) in [5, 5.41) is 3.48. The molecular weight excluding hydrogens is 238 g/mol.